The summed E-state index contributed by atoms with van der Waals surface area (Å²) in [5.74, 6) is 0.163. The van der Waals surface area contributed by atoms with Gasteiger partial charge in [-0.1, -0.05) is 17.7 Å². The fourth-order valence-corrected chi connectivity index (χ4v) is 2.35. The molecule has 3 nitrogen and oxygen atoms in total. The van der Waals surface area contributed by atoms with Crippen LogP contribution in [-0.4, -0.2) is 36.5 Å². The van der Waals surface area contributed by atoms with Crippen molar-refractivity contribution in [3.05, 3.63) is 34.9 Å². The van der Waals surface area contributed by atoms with Gasteiger partial charge in [-0.2, -0.15) is 0 Å². The third kappa shape index (κ3) is 3.03. The van der Waals surface area contributed by atoms with Crippen molar-refractivity contribution in [1.29, 1.82) is 0 Å². The summed E-state index contributed by atoms with van der Waals surface area (Å²) in [7, 11) is 0. The van der Waals surface area contributed by atoms with Crippen LogP contribution in [0, 0.1) is 13.8 Å². The third-order valence-electron chi connectivity index (χ3n) is 3.37. The third-order valence-corrected chi connectivity index (χ3v) is 3.37. The summed E-state index contributed by atoms with van der Waals surface area (Å²) in [5.41, 5.74) is 3.11. The highest BCUT2D eigenvalue weighted by molar-refractivity contribution is 5.96. The standard InChI is InChI=1S/C14H20N2O.ClH/c1-10-4-5-13(11(2)8-10)14(17)16-7-6-15-9-12(16)3;/h4-5,8,12,15H,6-7,9H2,1-3H3;1H/t12-;/m1./s1. The van der Waals surface area contributed by atoms with Gasteiger partial charge in [0.1, 0.15) is 0 Å². The molecule has 0 aromatic heterocycles. The Morgan fingerprint density at radius 3 is 2.72 bits per heavy atom. The van der Waals surface area contributed by atoms with Crippen molar-refractivity contribution in [1.82, 2.24) is 10.2 Å². The van der Waals surface area contributed by atoms with E-state index in [9.17, 15) is 4.79 Å². The van der Waals surface area contributed by atoms with E-state index in [1.165, 1.54) is 5.56 Å². The van der Waals surface area contributed by atoms with Crippen LogP contribution >= 0.6 is 12.4 Å². The number of halogens is 1. The Bertz CT molecular complexity index is 434. The summed E-state index contributed by atoms with van der Waals surface area (Å²) in [6.07, 6.45) is 0. The molecule has 1 aliphatic rings. The van der Waals surface area contributed by atoms with Gasteiger partial charge < -0.3 is 10.2 Å². The van der Waals surface area contributed by atoms with E-state index in [0.717, 1.165) is 30.8 Å². The van der Waals surface area contributed by atoms with Crippen LogP contribution < -0.4 is 5.32 Å². The van der Waals surface area contributed by atoms with Gasteiger partial charge in [-0.15, -0.1) is 12.4 Å². The summed E-state index contributed by atoms with van der Waals surface area (Å²) in [6, 6.07) is 6.30. The molecule has 0 radical (unpaired) electrons. The molecule has 1 atom stereocenters. The van der Waals surface area contributed by atoms with Crippen LogP contribution in [0.2, 0.25) is 0 Å². The van der Waals surface area contributed by atoms with Gasteiger partial charge in [0, 0.05) is 31.2 Å². The molecular weight excluding hydrogens is 248 g/mol. The number of nitrogens with one attached hydrogen (secondary N) is 1. The highest BCUT2D eigenvalue weighted by Gasteiger charge is 2.24. The normalized spacial score (nSPS) is 19.3. The first kappa shape index (κ1) is 15.0. The van der Waals surface area contributed by atoms with E-state index >= 15 is 0 Å². The van der Waals surface area contributed by atoms with Crippen molar-refractivity contribution in [2.75, 3.05) is 19.6 Å². The molecule has 1 amide bonds. The zero-order valence-corrected chi connectivity index (χ0v) is 12.0. The van der Waals surface area contributed by atoms with Gasteiger partial charge in [-0.3, -0.25) is 4.79 Å². The first-order valence-electron chi connectivity index (χ1n) is 6.18. The first-order valence-corrected chi connectivity index (χ1v) is 6.18. The first-order chi connectivity index (χ1) is 8.09. The minimum absolute atomic E-state index is 0. The Morgan fingerprint density at radius 1 is 1.39 bits per heavy atom. The number of aryl methyl sites for hydroxylation is 2. The zero-order valence-electron chi connectivity index (χ0n) is 11.2. The number of carbonyl (C=O) groups is 1. The quantitative estimate of drug-likeness (QED) is 0.847. The van der Waals surface area contributed by atoms with E-state index in [-0.39, 0.29) is 24.4 Å². The average molecular weight is 269 g/mol. The molecular formula is C14H21ClN2O. The van der Waals surface area contributed by atoms with Crippen LogP contribution in [0.5, 0.6) is 0 Å². The monoisotopic (exact) mass is 268 g/mol. The second-order valence-corrected chi connectivity index (χ2v) is 4.87. The van der Waals surface area contributed by atoms with Crippen LogP contribution in [-0.2, 0) is 0 Å². The lowest BCUT2D eigenvalue weighted by Gasteiger charge is -2.34. The molecule has 1 fully saturated rings. The van der Waals surface area contributed by atoms with E-state index in [1.807, 2.05) is 24.0 Å². The van der Waals surface area contributed by atoms with Crippen molar-refractivity contribution in [2.45, 2.75) is 26.8 Å². The maximum atomic E-state index is 12.4. The molecule has 0 saturated carbocycles. The molecule has 1 saturated heterocycles. The summed E-state index contributed by atoms with van der Waals surface area (Å²) >= 11 is 0. The molecule has 1 aromatic carbocycles. The Hall–Kier alpha value is -1.06. The van der Waals surface area contributed by atoms with Gasteiger partial charge in [-0.25, -0.2) is 0 Å². The Labute approximate surface area is 115 Å². The summed E-state index contributed by atoms with van der Waals surface area (Å²) in [4.78, 5) is 14.4. The van der Waals surface area contributed by atoms with Gasteiger partial charge >= 0.3 is 0 Å². The lowest BCUT2D eigenvalue weighted by molar-refractivity contribution is 0.0655. The predicted molar refractivity (Wildman–Crippen MR) is 76.5 cm³/mol. The van der Waals surface area contributed by atoms with Crippen LogP contribution in [0.3, 0.4) is 0 Å². The molecule has 1 heterocycles. The molecule has 0 spiro atoms. The van der Waals surface area contributed by atoms with Crippen molar-refractivity contribution in [3.63, 3.8) is 0 Å². The molecule has 18 heavy (non-hydrogen) atoms. The Morgan fingerprint density at radius 2 is 2.11 bits per heavy atom. The highest BCUT2D eigenvalue weighted by Crippen LogP contribution is 2.15. The number of benzene rings is 1. The zero-order chi connectivity index (χ0) is 12.4. The van der Waals surface area contributed by atoms with Gasteiger partial charge in [0.2, 0.25) is 0 Å². The smallest absolute Gasteiger partial charge is 0.254 e. The minimum atomic E-state index is 0. The molecule has 100 valence electrons. The Balaban J connectivity index is 0.00000162. The van der Waals surface area contributed by atoms with Gasteiger partial charge in [0.15, 0.2) is 0 Å². The number of amides is 1. The maximum absolute atomic E-state index is 12.4. The van der Waals surface area contributed by atoms with Crippen molar-refractivity contribution >= 4 is 18.3 Å². The maximum Gasteiger partial charge on any atom is 0.254 e. The van der Waals surface area contributed by atoms with E-state index in [2.05, 4.69) is 25.2 Å². The van der Waals surface area contributed by atoms with E-state index in [1.54, 1.807) is 0 Å². The number of carbonyl (C=O) groups excluding carboxylic acids is 1. The summed E-state index contributed by atoms with van der Waals surface area (Å²) in [6.45, 7) is 8.72. The number of nitrogens with zero attached hydrogens (tertiary/aromatic N) is 1. The van der Waals surface area contributed by atoms with E-state index in [4.69, 9.17) is 0 Å². The van der Waals surface area contributed by atoms with Gasteiger partial charge in [0.25, 0.3) is 5.91 Å². The predicted octanol–water partition coefficient (Wildman–Crippen LogP) is 2.16. The van der Waals surface area contributed by atoms with Crippen LogP contribution in [0.4, 0.5) is 0 Å². The number of piperazine rings is 1. The second kappa shape index (κ2) is 6.21. The average Bonchev–Trinajstić information content (AvgIpc) is 2.29. The lowest BCUT2D eigenvalue weighted by atomic mass is 10.0. The largest absolute Gasteiger partial charge is 0.333 e. The van der Waals surface area contributed by atoms with Crippen molar-refractivity contribution in [2.24, 2.45) is 0 Å². The minimum Gasteiger partial charge on any atom is -0.333 e. The number of hydrogen-bond acceptors (Lipinski definition) is 2. The number of hydrogen-bond donors (Lipinski definition) is 1. The SMILES string of the molecule is Cc1ccc(C(=O)N2CCNC[C@H]2C)c(C)c1.Cl. The lowest BCUT2D eigenvalue weighted by Crippen LogP contribution is -2.52. The van der Waals surface area contributed by atoms with Crippen LogP contribution in [0.25, 0.3) is 0 Å². The molecule has 4 heteroatoms. The van der Waals surface area contributed by atoms with E-state index < -0.39 is 0 Å². The number of rotatable bonds is 1. The fourth-order valence-electron chi connectivity index (χ4n) is 2.35. The fraction of sp³-hybridized carbons (Fsp3) is 0.500. The van der Waals surface area contributed by atoms with Crippen LogP contribution in [0.15, 0.2) is 18.2 Å². The molecule has 2 rings (SSSR count). The second-order valence-electron chi connectivity index (χ2n) is 4.87. The molecule has 1 N–H and O–H groups in total. The highest BCUT2D eigenvalue weighted by atomic mass is 35.5. The molecule has 0 unspecified atom stereocenters. The van der Waals surface area contributed by atoms with Crippen molar-refractivity contribution in [3.8, 4) is 0 Å². The topological polar surface area (TPSA) is 32.3 Å². The molecule has 1 aliphatic heterocycles. The summed E-state index contributed by atoms with van der Waals surface area (Å²) < 4.78 is 0. The molecule has 1 aromatic rings. The van der Waals surface area contributed by atoms with Crippen molar-refractivity contribution < 1.29 is 4.79 Å². The van der Waals surface area contributed by atoms with E-state index in [0.29, 0.717) is 0 Å². The molecule has 0 bridgehead atoms. The summed E-state index contributed by atoms with van der Waals surface area (Å²) in [5, 5.41) is 3.30. The van der Waals surface area contributed by atoms with Gasteiger partial charge in [-0.05, 0) is 32.4 Å². The van der Waals surface area contributed by atoms with Crippen LogP contribution in [0.1, 0.15) is 28.4 Å². The Kier molecular flexibility index (Phi) is 5.17. The molecule has 0 aliphatic carbocycles. The van der Waals surface area contributed by atoms with Gasteiger partial charge in [0.05, 0.1) is 0 Å².